The van der Waals surface area contributed by atoms with Crippen molar-refractivity contribution < 1.29 is 19.0 Å². The first-order valence-electron chi connectivity index (χ1n) is 10.7. The Labute approximate surface area is 197 Å². The molecule has 1 amide bonds. The van der Waals surface area contributed by atoms with Crippen LogP contribution in [0.3, 0.4) is 0 Å². The van der Waals surface area contributed by atoms with E-state index in [9.17, 15) is 4.79 Å². The molecule has 0 saturated heterocycles. The molecule has 3 N–H and O–H groups in total. The van der Waals surface area contributed by atoms with Crippen LogP contribution in [0, 0.1) is 12.0 Å². The smallest absolute Gasteiger partial charge is 0.248 e. The molecule has 34 heavy (non-hydrogen) atoms. The molecule has 2 aromatic heterocycles. The highest BCUT2D eigenvalue weighted by Crippen LogP contribution is 2.30. The number of H-pyrrole nitrogens is 1. The maximum absolute atomic E-state index is 11.2. The minimum absolute atomic E-state index is 0.153. The lowest BCUT2D eigenvalue weighted by Gasteiger charge is -2.15. The fourth-order valence-corrected chi connectivity index (χ4v) is 3.34. The topological polar surface area (TPSA) is 112 Å². The average Bonchev–Trinajstić information content (AvgIpc) is 3.27. The second-order valence-electron chi connectivity index (χ2n) is 7.66. The van der Waals surface area contributed by atoms with E-state index in [-0.39, 0.29) is 6.10 Å². The van der Waals surface area contributed by atoms with E-state index in [0.29, 0.717) is 41.6 Å². The summed E-state index contributed by atoms with van der Waals surface area (Å²) >= 11 is 0. The van der Waals surface area contributed by atoms with Crippen LogP contribution >= 0.6 is 0 Å². The lowest BCUT2D eigenvalue weighted by Crippen LogP contribution is -2.17. The van der Waals surface area contributed by atoms with Gasteiger partial charge in [-0.1, -0.05) is 18.1 Å². The van der Waals surface area contributed by atoms with Gasteiger partial charge in [0.2, 0.25) is 5.91 Å². The van der Waals surface area contributed by atoms with Gasteiger partial charge in [-0.25, -0.2) is 9.97 Å². The summed E-state index contributed by atoms with van der Waals surface area (Å²) in [5, 5.41) is 0. The van der Waals surface area contributed by atoms with Gasteiger partial charge in [-0.3, -0.25) is 4.79 Å². The van der Waals surface area contributed by atoms with Crippen LogP contribution < -0.4 is 15.2 Å². The Balaban J connectivity index is 1.55. The standard InChI is InChI=1S/C26H24N4O4/c1-17(16-32-2)34-22-14-20(25-29-23-6-3-11-28-26(23)30-25)13-21(15-22)33-12-4-5-18-7-9-19(10-8-18)24(27)31/h3,6-11,13-15,17H,5,16H2,1-2H3,(H2,27,31)(H,28,29,30)/t17-/m0/s1. The predicted molar refractivity (Wildman–Crippen MR) is 128 cm³/mol. The summed E-state index contributed by atoms with van der Waals surface area (Å²) in [4.78, 5) is 23.3. The summed E-state index contributed by atoms with van der Waals surface area (Å²) in [6.07, 6.45) is 4.74. The number of methoxy groups -OCH3 is 1. The van der Waals surface area contributed by atoms with Gasteiger partial charge in [-0.05, 0) is 48.9 Å². The lowest BCUT2D eigenvalue weighted by atomic mass is 10.1. The summed E-state index contributed by atoms with van der Waals surface area (Å²) in [7, 11) is 1.63. The van der Waals surface area contributed by atoms with Crippen LogP contribution in [0.25, 0.3) is 22.6 Å². The zero-order chi connectivity index (χ0) is 23.9. The summed E-state index contributed by atoms with van der Waals surface area (Å²) < 4.78 is 16.9. The molecule has 8 heteroatoms. The third-order valence-corrected chi connectivity index (χ3v) is 4.92. The maximum atomic E-state index is 11.2. The van der Waals surface area contributed by atoms with E-state index in [1.54, 1.807) is 31.5 Å². The molecule has 2 aromatic carbocycles. The Morgan fingerprint density at radius 3 is 2.68 bits per heavy atom. The molecule has 4 aromatic rings. The number of imidazole rings is 1. The van der Waals surface area contributed by atoms with Crippen molar-refractivity contribution in [2.75, 3.05) is 13.7 Å². The monoisotopic (exact) mass is 456 g/mol. The van der Waals surface area contributed by atoms with Gasteiger partial charge in [0.25, 0.3) is 0 Å². The minimum atomic E-state index is -0.459. The number of benzene rings is 2. The largest absolute Gasteiger partial charge is 0.488 e. The number of carbonyl (C=O) groups excluding carboxylic acids is 1. The van der Waals surface area contributed by atoms with E-state index in [2.05, 4.69) is 27.0 Å². The highest BCUT2D eigenvalue weighted by atomic mass is 16.5. The first-order valence-corrected chi connectivity index (χ1v) is 10.7. The summed E-state index contributed by atoms with van der Waals surface area (Å²) in [6.45, 7) is 2.37. The maximum Gasteiger partial charge on any atom is 0.248 e. The van der Waals surface area contributed by atoms with Gasteiger partial charge in [0.05, 0.1) is 12.1 Å². The van der Waals surface area contributed by atoms with Crippen molar-refractivity contribution in [3.05, 3.63) is 71.9 Å². The summed E-state index contributed by atoms with van der Waals surface area (Å²) in [5.41, 5.74) is 8.91. The van der Waals surface area contributed by atoms with Gasteiger partial charge >= 0.3 is 0 Å². The van der Waals surface area contributed by atoms with Gasteiger partial charge in [-0.2, -0.15) is 0 Å². The lowest BCUT2D eigenvalue weighted by molar-refractivity contribution is 0.0920. The molecular formula is C26H24N4O4. The summed E-state index contributed by atoms with van der Waals surface area (Å²) in [5.74, 6) is 4.28. The number of amides is 1. The fraction of sp³-hybridized carbons (Fsp3) is 0.192. The quantitative estimate of drug-likeness (QED) is 0.391. The molecule has 0 spiro atoms. The van der Waals surface area contributed by atoms with E-state index in [0.717, 1.165) is 16.6 Å². The van der Waals surface area contributed by atoms with Gasteiger partial charge in [-0.15, -0.1) is 0 Å². The number of nitrogens with two attached hydrogens (primary N) is 1. The molecule has 0 bridgehead atoms. The van der Waals surface area contributed by atoms with E-state index >= 15 is 0 Å². The van der Waals surface area contributed by atoms with Crippen molar-refractivity contribution in [3.63, 3.8) is 0 Å². The third kappa shape index (κ3) is 5.71. The number of carbonyl (C=O) groups is 1. The molecule has 0 aliphatic heterocycles. The highest BCUT2D eigenvalue weighted by Gasteiger charge is 2.12. The van der Waals surface area contributed by atoms with Gasteiger partial charge in [0, 0.05) is 36.9 Å². The number of fused-ring (bicyclic) bond motifs is 1. The number of aromatic amines is 1. The van der Waals surface area contributed by atoms with Crippen LogP contribution in [0.2, 0.25) is 0 Å². The number of hydrogen-bond acceptors (Lipinski definition) is 6. The van der Waals surface area contributed by atoms with Crippen molar-refractivity contribution in [2.45, 2.75) is 19.4 Å². The molecule has 4 rings (SSSR count). The number of aromatic nitrogens is 3. The van der Waals surface area contributed by atoms with Crippen molar-refractivity contribution in [3.8, 4) is 34.9 Å². The number of primary amides is 1. The van der Waals surface area contributed by atoms with Crippen molar-refractivity contribution in [2.24, 2.45) is 5.73 Å². The molecule has 172 valence electrons. The van der Waals surface area contributed by atoms with Crippen LogP contribution in [-0.2, 0) is 11.2 Å². The van der Waals surface area contributed by atoms with E-state index in [4.69, 9.17) is 19.9 Å². The first kappa shape index (κ1) is 22.8. The molecule has 0 unspecified atom stereocenters. The first-order chi connectivity index (χ1) is 16.5. The predicted octanol–water partition coefficient (Wildman–Crippen LogP) is 3.72. The van der Waals surface area contributed by atoms with Gasteiger partial charge in [0.1, 0.15) is 29.5 Å². The van der Waals surface area contributed by atoms with Crippen LogP contribution in [0.1, 0.15) is 22.8 Å². The number of pyridine rings is 1. The second kappa shape index (κ2) is 10.5. The van der Waals surface area contributed by atoms with E-state index in [1.165, 1.54) is 0 Å². The SMILES string of the molecule is COC[C@H](C)Oc1cc(OC#CCc2ccc(C(N)=O)cc2)cc(-c2nc3ncccc3[nH]2)c1. The van der Waals surface area contributed by atoms with Crippen molar-refractivity contribution in [1.29, 1.82) is 0 Å². The Kier molecular flexibility index (Phi) is 7.06. The van der Waals surface area contributed by atoms with E-state index < -0.39 is 5.91 Å². The average molecular weight is 457 g/mol. The molecule has 0 radical (unpaired) electrons. The Hall–Kier alpha value is -4.35. The molecule has 0 aliphatic carbocycles. The molecule has 0 aliphatic rings. The van der Waals surface area contributed by atoms with E-state index in [1.807, 2.05) is 43.3 Å². The zero-order valence-corrected chi connectivity index (χ0v) is 18.9. The molecule has 0 fully saturated rings. The van der Waals surface area contributed by atoms with Crippen LogP contribution in [-0.4, -0.2) is 40.7 Å². The van der Waals surface area contributed by atoms with Gasteiger partial charge in [0.15, 0.2) is 5.65 Å². The van der Waals surface area contributed by atoms with Gasteiger partial charge < -0.3 is 24.9 Å². The van der Waals surface area contributed by atoms with Crippen LogP contribution in [0.4, 0.5) is 0 Å². The Morgan fingerprint density at radius 2 is 1.94 bits per heavy atom. The normalized spacial score (nSPS) is 11.5. The Bertz CT molecular complexity index is 1320. The molecule has 0 saturated carbocycles. The molecule has 8 nitrogen and oxygen atoms in total. The van der Waals surface area contributed by atoms with Crippen LogP contribution in [0.5, 0.6) is 11.5 Å². The second-order valence-corrected chi connectivity index (χ2v) is 7.66. The fourth-order valence-electron chi connectivity index (χ4n) is 3.34. The summed E-state index contributed by atoms with van der Waals surface area (Å²) in [6, 6.07) is 16.2. The van der Waals surface area contributed by atoms with Crippen molar-refractivity contribution >= 4 is 17.1 Å². The highest BCUT2D eigenvalue weighted by molar-refractivity contribution is 5.92. The number of rotatable bonds is 8. The Morgan fingerprint density at radius 1 is 1.15 bits per heavy atom. The zero-order valence-electron chi connectivity index (χ0n) is 18.9. The number of nitrogens with zero attached hydrogens (tertiary/aromatic N) is 2. The molecular weight excluding hydrogens is 432 g/mol. The number of ether oxygens (including phenoxy) is 3. The number of nitrogens with one attached hydrogen (secondary N) is 1. The number of hydrogen-bond donors (Lipinski definition) is 2. The van der Waals surface area contributed by atoms with Crippen LogP contribution in [0.15, 0.2) is 60.8 Å². The third-order valence-electron chi connectivity index (χ3n) is 4.92. The minimum Gasteiger partial charge on any atom is -0.488 e. The molecule has 2 heterocycles. The van der Waals surface area contributed by atoms with Crippen molar-refractivity contribution in [1.82, 2.24) is 15.0 Å². The molecule has 1 atom stereocenters.